The van der Waals surface area contributed by atoms with Gasteiger partial charge in [-0.25, -0.2) is 8.42 Å². The average molecular weight is 400 g/mol. The van der Waals surface area contributed by atoms with Gasteiger partial charge in [0, 0.05) is 30.3 Å². The van der Waals surface area contributed by atoms with Crippen LogP contribution < -0.4 is 14.8 Å². The molecule has 1 aromatic carbocycles. The van der Waals surface area contributed by atoms with Crippen LogP contribution in [-0.2, 0) is 21.2 Å². The number of rotatable bonds is 6. The number of hydrogen-bond donors (Lipinski definition) is 3. The van der Waals surface area contributed by atoms with Crippen molar-refractivity contribution < 1.29 is 23.1 Å². The van der Waals surface area contributed by atoms with Crippen LogP contribution in [-0.4, -0.2) is 69.5 Å². The zero-order chi connectivity index (χ0) is 20.2. The Labute approximate surface area is 160 Å². The molecule has 3 atom stereocenters. The molecular formula is C18H29N3O5S. The average Bonchev–Trinajstić information content (AvgIpc) is 2.62. The molecule has 0 unspecified atom stereocenters. The Morgan fingerprint density at radius 2 is 2.11 bits per heavy atom. The second-order valence-electron chi connectivity index (χ2n) is 7.14. The van der Waals surface area contributed by atoms with Crippen LogP contribution in [0.25, 0.3) is 0 Å². The van der Waals surface area contributed by atoms with Crippen molar-refractivity contribution in [3.8, 4) is 5.75 Å². The van der Waals surface area contributed by atoms with E-state index in [4.69, 9.17) is 4.74 Å². The summed E-state index contributed by atoms with van der Waals surface area (Å²) in [7, 11) is -1.59. The number of anilines is 1. The van der Waals surface area contributed by atoms with Crippen molar-refractivity contribution in [1.29, 1.82) is 0 Å². The Kier molecular flexibility index (Phi) is 7.07. The number of nitrogens with zero attached hydrogens (tertiary/aromatic N) is 1. The van der Waals surface area contributed by atoms with Gasteiger partial charge in [-0.2, -0.15) is 0 Å². The maximum Gasteiger partial charge on any atom is 0.229 e. The number of aliphatic hydroxyl groups is 1. The normalized spacial score (nSPS) is 22.1. The first-order valence-corrected chi connectivity index (χ1v) is 10.9. The van der Waals surface area contributed by atoms with E-state index in [-0.39, 0.29) is 37.0 Å². The third-order valence-corrected chi connectivity index (χ3v) is 5.23. The van der Waals surface area contributed by atoms with Gasteiger partial charge in [-0.15, -0.1) is 0 Å². The Hall–Kier alpha value is -1.84. The first-order valence-electron chi connectivity index (χ1n) is 8.97. The summed E-state index contributed by atoms with van der Waals surface area (Å²) in [5.41, 5.74) is 0.992. The maximum atomic E-state index is 12.9. The van der Waals surface area contributed by atoms with Crippen molar-refractivity contribution in [3.05, 3.63) is 23.8 Å². The molecule has 0 bridgehead atoms. The smallest absolute Gasteiger partial charge is 0.229 e. The largest absolute Gasteiger partial charge is 0.488 e. The van der Waals surface area contributed by atoms with Crippen molar-refractivity contribution >= 4 is 21.6 Å². The minimum atomic E-state index is -3.43. The van der Waals surface area contributed by atoms with E-state index in [0.717, 1.165) is 6.26 Å². The van der Waals surface area contributed by atoms with Gasteiger partial charge in [0.25, 0.3) is 0 Å². The minimum Gasteiger partial charge on any atom is -0.488 e. The fourth-order valence-electron chi connectivity index (χ4n) is 3.15. The van der Waals surface area contributed by atoms with E-state index in [0.29, 0.717) is 30.1 Å². The first-order chi connectivity index (χ1) is 12.6. The zero-order valence-corrected chi connectivity index (χ0v) is 17.0. The number of ether oxygens (including phenoxy) is 1. The number of benzene rings is 1. The molecule has 0 aromatic heterocycles. The quantitative estimate of drug-likeness (QED) is 0.640. The lowest BCUT2D eigenvalue weighted by Gasteiger charge is -2.32. The topological polar surface area (TPSA) is 108 Å². The van der Waals surface area contributed by atoms with Crippen molar-refractivity contribution in [2.75, 3.05) is 37.7 Å². The molecule has 27 heavy (non-hydrogen) atoms. The molecule has 152 valence electrons. The zero-order valence-electron chi connectivity index (χ0n) is 16.2. The number of hydrogen-bond acceptors (Lipinski definition) is 6. The lowest BCUT2D eigenvalue weighted by molar-refractivity contribution is -0.134. The van der Waals surface area contributed by atoms with Gasteiger partial charge in [0.2, 0.25) is 15.9 Å². The van der Waals surface area contributed by atoms with Gasteiger partial charge in [0.05, 0.1) is 25.3 Å². The molecule has 1 heterocycles. The molecule has 0 saturated carbocycles. The summed E-state index contributed by atoms with van der Waals surface area (Å²) in [4.78, 5) is 14.6. The van der Waals surface area contributed by atoms with Crippen molar-refractivity contribution in [2.24, 2.45) is 5.92 Å². The fraction of sp³-hybridized carbons (Fsp3) is 0.611. The number of nitrogens with one attached hydrogen (secondary N) is 2. The molecule has 1 aliphatic heterocycles. The molecule has 0 spiro atoms. The number of aliphatic hydroxyl groups excluding tert-OH is 1. The number of sulfonamides is 1. The number of fused-ring (bicyclic) bond motifs is 1. The fourth-order valence-corrected chi connectivity index (χ4v) is 3.71. The van der Waals surface area contributed by atoms with Crippen LogP contribution in [0.1, 0.15) is 19.4 Å². The number of likely N-dealkylation sites (N-methyl/N-ethyl adjacent to an activating group) is 1. The third kappa shape index (κ3) is 5.82. The van der Waals surface area contributed by atoms with Gasteiger partial charge in [0.1, 0.15) is 11.9 Å². The van der Waals surface area contributed by atoms with Crippen LogP contribution in [0.15, 0.2) is 18.2 Å². The van der Waals surface area contributed by atoms with Gasteiger partial charge in [0.15, 0.2) is 0 Å². The second kappa shape index (κ2) is 8.90. The number of carbonyl (C=O) groups is 1. The van der Waals surface area contributed by atoms with Gasteiger partial charge in [-0.05, 0) is 32.2 Å². The van der Waals surface area contributed by atoms with Gasteiger partial charge in [-0.1, -0.05) is 6.92 Å². The summed E-state index contributed by atoms with van der Waals surface area (Å²) in [6.45, 7) is 4.75. The van der Waals surface area contributed by atoms with Gasteiger partial charge in [-0.3, -0.25) is 9.52 Å². The van der Waals surface area contributed by atoms with Crippen molar-refractivity contribution in [1.82, 2.24) is 10.2 Å². The summed E-state index contributed by atoms with van der Waals surface area (Å²) < 4.78 is 31.6. The highest BCUT2D eigenvalue weighted by atomic mass is 32.2. The Morgan fingerprint density at radius 3 is 2.70 bits per heavy atom. The van der Waals surface area contributed by atoms with E-state index in [2.05, 4.69) is 10.0 Å². The van der Waals surface area contributed by atoms with Crippen LogP contribution in [0.5, 0.6) is 5.75 Å². The summed E-state index contributed by atoms with van der Waals surface area (Å²) in [5.74, 6) is 0.470. The standard InChI is InChI=1S/C18H29N3O5S/c1-12-10-21(13(2)11-22)18(23)8-14-7-15(20-27(4,24)25)5-6-16(14)26-17(12)9-19-3/h5-7,12-13,17,19-20,22H,8-11H2,1-4H3/t12-,13-,17-/m0/s1. The van der Waals surface area contributed by atoms with E-state index in [1.807, 2.05) is 14.0 Å². The molecule has 0 saturated heterocycles. The highest BCUT2D eigenvalue weighted by Crippen LogP contribution is 2.29. The molecular weight excluding hydrogens is 370 g/mol. The Bertz CT molecular complexity index is 768. The summed E-state index contributed by atoms with van der Waals surface area (Å²) in [6.07, 6.45) is 0.964. The summed E-state index contributed by atoms with van der Waals surface area (Å²) >= 11 is 0. The molecule has 0 radical (unpaired) electrons. The SMILES string of the molecule is CNC[C@@H]1Oc2ccc(NS(C)(=O)=O)cc2CC(=O)N([C@@H](C)CO)C[C@@H]1C. The van der Waals surface area contributed by atoms with Crippen LogP contribution >= 0.6 is 0 Å². The highest BCUT2D eigenvalue weighted by molar-refractivity contribution is 7.92. The van der Waals surface area contributed by atoms with E-state index < -0.39 is 10.0 Å². The molecule has 3 N–H and O–H groups in total. The van der Waals surface area contributed by atoms with Crippen LogP contribution in [0.2, 0.25) is 0 Å². The van der Waals surface area contributed by atoms with Gasteiger partial charge < -0.3 is 20.1 Å². The predicted molar refractivity (Wildman–Crippen MR) is 104 cm³/mol. The van der Waals surface area contributed by atoms with Crippen molar-refractivity contribution in [2.45, 2.75) is 32.4 Å². The molecule has 2 rings (SSSR count). The van der Waals surface area contributed by atoms with E-state index in [9.17, 15) is 18.3 Å². The van der Waals surface area contributed by atoms with Crippen LogP contribution in [0.3, 0.4) is 0 Å². The molecule has 0 aliphatic carbocycles. The van der Waals surface area contributed by atoms with Gasteiger partial charge >= 0.3 is 0 Å². The molecule has 1 aromatic rings. The molecule has 8 nitrogen and oxygen atoms in total. The first kappa shape index (κ1) is 21.5. The van der Waals surface area contributed by atoms with Crippen LogP contribution in [0, 0.1) is 5.92 Å². The number of amides is 1. The third-order valence-electron chi connectivity index (χ3n) is 4.63. The lowest BCUT2D eigenvalue weighted by Crippen LogP contribution is -2.47. The Morgan fingerprint density at radius 1 is 1.41 bits per heavy atom. The highest BCUT2D eigenvalue weighted by Gasteiger charge is 2.30. The van der Waals surface area contributed by atoms with E-state index in [1.54, 1.807) is 30.0 Å². The van der Waals surface area contributed by atoms with E-state index >= 15 is 0 Å². The number of carbonyl (C=O) groups excluding carboxylic acids is 1. The summed E-state index contributed by atoms with van der Waals surface area (Å²) in [5, 5.41) is 12.7. The molecule has 1 aliphatic rings. The lowest BCUT2D eigenvalue weighted by atomic mass is 10.0. The molecule has 0 fully saturated rings. The van der Waals surface area contributed by atoms with E-state index in [1.165, 1.54) is 0 Å². The van der Waals surface area contributed by atoms with Crippen molar-refractivity contribution in [3.63, 3.8) is 0 Å². The summed E-state index contributed by atoms with van der Waals surface area (Å²) in [6, 6.07) is 4.63. The molecule has 9 heteroatoms. The minimum absolute atomic E-state index is 0.0372. The monoisotopic (exact) mass is 399 g/mol. The molecule has 1 amide bonds. The Balaban J connectivity index is 2.45. The maximum absolute atomic E-state index is 12.9. The van der Waals surface area contributed by atoms with Crippen LogP contribution in [0.4, 0.5) is 5.69 Å². The second-order valence-corrected chi connectivity index (χ2v) is 8.89. The predicted octanol–water partition coefficient (Wildman–Crippen LogP) is 0.427.